The number of benzene rings is 1. The van der Waals surface area contributed by atoms with Crippen LogP contribution in [0.5, 0.6) is 0 Å². The second kappa shape index (κ2) is 5.60. The van der Waals surface area contributed by atoms with Gasteiger partial charge in [0.1, 0.15) is 0 Å². The van der Waals surface area contributed by atoms with E-state index >= 15 is 0 Å². The van der Waals surface area contributed by atoms with Crippen LogP contribution in [0.3, 0.4) is 0 Å². The molecule has 0 aliphatic carbocycles. The summed E-state index contributed by atoms with van der Waals surface area (Å²) in [5, 5.41) is 3.36. The van der Waals surface area contributed by atoms with Crippen LogP contribution >= 0.6 is 0 Å². The molecule has 3 N–H and O–H groups in total. The van der Waals surface area contributed by atoms with Crippen molar-refractivity contribution < 1.29 is 0 Å². The Labute approximate surface area is 80.1 Å². The van der Waals surface area contributed by atoms with Crippen LogP contribution in [0.2, 0.25) is 0 Å². The zero-order valence-electron chi connectivity index (χ0n) is 8.22. The van der Waals surface area contributed by atoms with Crippen molar-refractivity contribution in [1.29, 1.82) is 0 Å². The molecule has 13 heavy (non-hydrogen) atoms. The van der Waals surface area contributed by atoms with Crippen molar-refractivity contribution in [2.45, 2.75) is 19.8 Å². The highest BCUT2D eigenvalue weighted by Gasteiger charge is 1.92. The lowest BCUT2D eigenvalue weighted by Gasteiger charge is -2.03. The average molecular weight is 178 g/mol. The molecular weight excluding hydrogens is 160 g/mol. The molecule has 2 heteroatoms. The lowest BCUT2D eigenvalue weighted by atomic mass is 10.1. The summed E-state index contributed by atoms with van der Waals surface area (Å²) in [6.07, 6.45) is 2.25. The van der Waals surface area contributed by atoms with Crippen molar-refractivity contribution in [1.82, 2.24) is 5.32 Å². The highest BCUT2D eigenvalue weighted by atomic mass is 14.8. The van der Waals surface area contributed by atoms with Gasteiger partial charge < -0.3 is 11.1 Å². The van der Waals surface area contributed by atoms with E-state index in [1.165, 1.54) is 12.0 Å². The highest BCUT2D eigenvalue weighted by Crippen LogP contribution is 2.06. The van der Waals surface area contributed by atoms with Crippen molar-refractivity contribution in [3.8, 4) is 0 Å². The first-order chi connectivity index (χ1) is 6.33. The molecule has 0 spiro atoms. The fraction of sp³-hybridized carbons (Fsp3) is 0.455. The fourth-order valence-corrected chi connectivity index (χ4v) is 1.28. The van der Waals surface area contributed by atoms with Crippen molar-refractivity contribution in [2.24, 2.45) is 0 Å². The van der Waals surface area contributed by atoms with Crippen LogP contribution in [0.25, 0.3) is 0 Å². The Hall–Kier alpha value is -1.02. The summed E-state index contributed by atoms with van der Waals surface area (Å²) in [5.41, 5.74) is 7.83. The van der Waals surface area contributed by atoms with E-state index < -0.39 is 0 Å². The van der Waals surface area contributed by atoms with Crippen molar-refractivity contribution in [3.63, 3.8) is 0 Å². The third kappa shape index (κ3) is 3.95. The molecule has 0 bridgehead atoms. The van der Waals surface area contributed by atoms with Gasteiger partial charge >= 0.3 is 0 Å². The molecule has 0 atom stereocenters. The monoisotopic (exact) mass is 178 g/mol. The second-order valence-corrected chi connectivity index (χ2v) is 3.25. The summed E-state index contributed by atoms with van der Waals surface area (Å²) >= 11 is 0. The molecule has 0 aliphatic heterocycles. The maximum atomic E-state index is 5.67. The number of hydrogen-bond donors (Lipinski definition) is 2. The predicted octanol–water partition coefficient (Wildman–Crippen LogP) is 1.81. The quantitative estimate of drug-likeness (QED) is 0.533. The zero-order valence-corrected chi connectivity index (χ0v) is 8.22. The predicted molar refractivity (Wildman–Crippen MR) is 57.7 cm³/mol. The molecular formula is C11H18N2. The topological polar surface area (TPSA) is 38.0 Å². The van der Waals surface area contributed by atoms with Gasteiger partial charge in [-0.15, -0.1) is 0 Å². The van der Waals surface area contributed by atoms with Gasteiger partial charge in [-0.1, -0.05) is 19.1 Å². The molecule has 0 fully saturated rings. The van der Waals surface area contributed by atoms with Gasteiger partial charge in [0.05, 0.1) is 0 Å². The largest absolute Gasteiger partial charge is 0.399 e. The number of nitrogens with two attached hydrogens (primary N) is 1. The maximum absolute atomic E-state index is 5.67. The summed E-state index contributed by atoms with van der Waals surface area (Å²) in [6.45, 7) is 4.31. The summed E-state index contributed by atoms with van der Waals surface area (Å²) in [7, 11) is 0. The smallest absolute Gasteiger partial charge is 0.0316 e. The van der Waals surface area contributed by atoms with Crippen LogP contribution < -0.4 is 11.1 Å². The van der Waals surface area contributed by atoms with Gasteiger partial charge in [0, 0.05) is 5.69 Å². The summed E-state index contributed by atoms with van der Waals surface area (Å²) in [4.78, 5) is 0. The van der Waals surface area contributed by atoms with E-state index in [9.17, 15) is 0 Å². The molecule has 0 saturated heterocycles. The Bertz CT molecular complexity index is 246. The molecule has 0 aromatic heterocycles. The summed E-state index contributed by atoms with van der Waals surface area (Å²) in [6, 6.07) is 8.07. The lowest BCUT2D eigenvalue weighted by Crippen LogP contribution is -2.17. The number of anilines is 1. The zero-order chi connectivity index (χ0) is 9.52. The van der Waals surface area contributed by atoms with E-state index in [-0.39, 0.29) is 0 Å². The first-order valence-electron chi connectivity index (χ1n) is 4.88. The SMILES string of the molecule is CCCNCCc1cccc(N)c1. The normalized spacial score (nSPS) is 10.2. The average Bonchev–Trinajstić information content (AvgIpc) is 2.13. The maximum Gasteiger partial charge on any atom is 0.0316 e. The Balaban J connectivity index is 2.28. The van der Waals surface area contributed by atoms with Crippen molar-refractivity contribution in [3.05, 3.63) is 29.8 Å². The third-order valence-electron chi connectivity index (χ3n) is 1.97. The molecule has 1 rings (SSSR count). The fourth-order valence-electron chi connectivity index (χ4n) is 1.28. The number of hydrogen-bond acceptors (Lipinski definition) is 2. The molecule has 1 aromatic rings. The van der Waals surface area contributed by atoms with Crippen LogP contribution in [0, 0.1) is 0 Å². The minimum atomic E-state index is 0.855. The van der Waals surface area contributed by atoms with Gasteiger partial charge in [-0.3, -0.25) is 0 Å². The molecule has 0 saturated carbocycles. The minimum absolute atomic E-state index is 0.855. The van der Waals surface area contributed by atoms with E-state index in [1.807, 2.05) is 18.2 Å². The van der Waals surface area contributed by atoms with Crippen LogP contribution in [-0.4, -0.2) is 13.1 Å². The molecule has 0 aliphatic rings. The molecule has 2 nitrogen and oxygen atoms in total. The van der Waals surface area contributed by atoms with E-state index in [2.05, 4.69) is 18.3 Å². The standard InChI is InChI=1S/C11H18N2/c1-2-7-13-8-6-10-4-3-5-11(12)9-10/h3-5,9,13H,2,6-8,12H2,1H3. The van der Waals surface area contributed by atoms with E-state index in [0.29, 0.717) is 0 Å². The number of rotatable bonds is 5. The number of nitrogen functional groups attached to an aromatic ring is 1. The van der Waals surface area contributed by atoms with Crippen LogP contribution in [0.1, 0.15) is 18.9 Å². The van der Waals surface area contributed by atoms with E-state index in [4.69, 9.17) is 5.73 Å². The Kier molecular flexibility index (Phi) is 4.33. The van der Waals surface area contributed by atoms with Crippen molar-refractivity contribution in [2.75, 3.05) is 18.8 Å². The first kappa shape index (κ1) is 10.1. The number of nitrogens with one attached hydrogen (secondary N) is 1. The first-order valence-corrected chi connectivity index (χ1v) is 4.88. The molecule has 1 aromatic carbocycles. The second-order valence-electron chi connectivity index (χ2n) is 3.25. The van der Waals surface area contributed by atoms with Gasteiger partial charge in [-0.2, -0.15) is 0 Å². The van der Waals surface area contributed by atoms with Gasteiger partial charge in [0.25, 0.3) is 0 Å². The van der Waals surface area contributed by atoms with E-state index in [0.717, 1.165) is 25.2 Å². The highest BCUT2D eigenvalue weighted by molar-refractivity contribution is 5.40. The Morgan fingerprint density at radius 1 is 1.31 bits per heavy atom. The summed E-state index contributed by atoms with van der Waals surface area (Å²) in [5.74, 6) is 0. The molecule has 0 heterocycles. The molecule has 72 valence electrons. The van der Waals surface area contributed by atoms with Gasteiger partial charge in [0.2, 0.25) is 0 Å². The van der Waals surface area contributed by atoms with Crippen molar-refractivity contribution >= 4 is 5.69 Å². The van der Waals surface area contributed by atoms with Crippen LogP contribution in [0.15, 0.2) is 24.3 Å². The Morgan fingerprint density at radius 2 is 2.15 bits per heavy atom. The van der Waals surface area contributed by atoms with Crippen LogP contribution in [0.4, 0.5) is 5.69 Å². The van der Waals surface area contributed by atoms with Gasteiger partial charge in [0.15, 0.2) is 0 Å². The Morgan fingerprint density at radius 3 is 2.85 bits per heavy atom. The van der Waals surface area contributed by atoms with Gasteiger partial charge in [-0.05, 0) is 43.6 Å². The third-order valence-corrected chi connectivity index (χ3v) is 1.97. The van der Waals surface area contributed by atoms with E-state index in [1.54, 1.807) is 0 Å². The summed E-state index contributed by atoms with van der Waals surface area (Å²) < 4.78 is 0. The molecule has 0 amide bonds. The minimum Gasteiger partial charge on any atom is -0.399 e. The molecule has 0 unspecified atom stereocenters. The van der Waals surface area contributed by atoms with Gasteiger partial charge in [-0.25, -0.2) is 0 Å². The van der Waals surface area contributed by atoms with Crippen LogP contribution in [-0.2, 0) is 6.42 Å². The molecule has 0 radical (unpaired) electrons. The lowest BCUT2D eigenvalue weighted by molar-refractivity contribution is 0.671.